The van der Waals surface area contributed by atoms with E-state index >= 15 is 0 Å². The lowest BCUT2D eigenvalue weighted by Gasteiger charge is -2.14. The second-order valence-electron chi connectivity index (χ2n) is 6.18. The van der Waals surface area contributed by atoms with Gasteiger partial charge in [-0.25, -0.2) is 13.9 Å². The Morgan fingerprint density at radius 1 is 1.10 bits per heavy atom. The van der Waals surface area contributed by atoms with Gasteiger partial charge in [-0.15, -0.1) is 4.52 Å². The molecule has 0 unspecified atom stereocenters. The Labute approximate surface area is 173 Å². The number of nitrogen functional groups attached to an aromatic ring is 1. The van der Waals surface area contributed by atoms with Crippen LogP contribution < -0.4 is 5.73 Å². The highest BCUT2D eigenvalue weighted by Crippen LogP contribution is 2.75. The maximum Gasteiger partial charge on any atom is 0.667 e. The fourth-order valence-corrected chi connectivity index (χ4v) is 5.94. The zero-order chi connectivity index (χ0) is 23.2. The molecule has 0 bridgehead atoms. The molecule has 4 atom stereocenters. The Morgan fingerprint density at radius 3 is 2.42 bits per heavy atom. The van der Waals surface area contributed by atoms with Crippen molar-refractivity contribution in [2.75, 3.05) is 12.3 Å². The lowest BCUT2D eigenvalue weighted by molar-refractivity contribution is -0.0273. The van der Waals surface area contributed by atoms with E-state index in [1.165, 1.54) is 16.6 Å². The van der Waals surface area contributed by atoms with Gasteiger partial charge in [0.05, 0.1) is 14.3 Å². The Morgan fingerprint density at radius 2 is 1.77 bits per heavy atom. The first-order chi connectivity index (χ1) is 14.2. The van der Waals surface area contributed by atoms with Gasteiger partial charge >= 0.3 is 24.5 Å². The van der Waals surface area contributed by atoms with Crippen LogP contribution in [0, 0.1) is 0 Å². The quantitative estimate of drug-likeness (QED) is 0.182. The summed E-state index contributed by atoms with van der Waals surface area (Å²) in [6.07, 6.45) is -5.51. The summed E-state index contributed by atoms with van der Waals surface area (Å²) in [4.78, 5) is 67.6. The van der Waals surface area contributed by atoms with E-state index in [-0.39, 0.29) is 11.5 Å². The van der Waals surface area contributed by atoms with Crippen LogP contribution in [0.3, 0.4) is 0 Å². The summed E-state index contributed by atoms with van der Waals surface area (Å²) in [5.74, 6) is 0.115. The largest absolute Gasteiger partial charge is 0.667 e. The molecule has 1 aliphatic heterocycles. The van der Waals surface area contributed by atoms with Crippen molar-refractivity contribution in [3.8, 4) is 0 Å². The van der Waals surface area contributed by atoms with E-state index in [1.54, 1.807) is 0 Å². The molecule has 3 heterocycles. The topological polar surface area (TPSA) is 255 Å². The molecule has 0 radical (unpaired) electrons. The van der Waals surface area contributed by atoms with Crippen LogP contribution in [0.1, 0.15) is 11.8 Å². The monoisotopic (exact) mass is 511 g/mol. The molecule has 0 saturated carbocycles. The van der Waals surface area contributed by atoms with Crippen LogP contribution in [0.5, 0.6) is 0 Å². The van der Waals surface area contributed by atoms with Gasteiger partial charge in [0.25, 0.3) is 0 Å². The van der Waals surface area contributed by atoms with Gasteiger partial charge in [-0.05, 0) is 12.1 Å². The molecule has 16 nitrogen and oxygen atoms in total. The van der Waals surface area contributed by atoms with Gasteiger partial charge in [0.1, 0.15) is 36.8 Å². The lowest BCUT2D eigenvalue weighted by atomic mass is 10.1. The molecule has 1 fully saturated rings. The van der Waals surface area contributed by atoms with E-state index in [9.17, 15) is 29.1 Å². The molecule has 2 aromatic heterocycles. The molecule has 1 aliphatic rings. The van der Waals surface area contributed by atoms with Crippen molar-refractivity contribution in [3.63, 3.8) is 0 Å². The number of hydrogen-bond donors (Lipinski definition) is 9. The highest BCUT2D eigenvalue weighted by Gasteiger charge is 2.69. The number of hydrogen-bond acceptors (Lipinski definition) is 15. The first kappa shape index (κ1) is 24.8. The van der Waals surface area contributed by atoms with Gasteiger partial charge in [0.2, 0.25) is 0 Å². The minimum atomic E-state index is -5.34. The maximum absolute atomic E-state index is 14.7. The molecule has 2 aromatic rings. The number of rotatable bonds is 8. The molecular formula is C11H19FN4O12P3+3. The van der Waals surface area contributed by atoms with Crippen LogP contribution in [0.4, 0.5) is 10.2 Å². The number of aliphatic hydroxyl groups excluding tert-OH is 1. The van der Waals surface area contributed by atoms with Gasteiger partial charge in [0, 0.05) is 0 Å². The summed E-state index contributed by atoms with van der Waals surface area (Å²) < 4.78 is 33.4. The number of aromatic nitrogens is 3. The zero-order valence-corrected chi connectivity index (χ0v) is 17.8. The number of halogens is 1. The van der Waals surface area contributed by atoms with Gasteiger partial charge < -0.3 is 15.6 Å². The molecule has 10 N–H and O–H groups in total. The standard InChI is InChI=1S/C11H19FN4O12P3/c12-8-9(17)7(3-25-30(21,22)28-31(23,24)27-29(18,19)20)26-10(8)5-1-2-6-11(13)14-4-15-16(5)6/h1-2,4,7-10,17-24H,3H2,(H2,13,14,15)/q+3/t7-,8-,9-,10+/m1/s1. The molecule has 0 aromatic carbocycles. The van der Waals surface area contributed by atoms with Gasteiger partial charge in [-0.2, -0.15) is 39.4 Å². The van der Waals surface area contributed by atoms with Gasteiger partial charge in [0.15, 0.2) is 12.0 Å². The average Bonchev–Trinajstić information content (AvgIpc) is 3.13. The van der Waals surface area contributed by atoms with Crippen molar-refractivity contribution >= 4 is 35.8 Å². The maximum atomic E-state index is 14.7. The molecular weight excluding hydrogens is 492 g/mol. The number of fused-ring (bicyclic) bond motifs is 1. The zero-order valence-electron chi connectivity index (χ0n) is 15.1. The van der Waals surface area contributed by atoms with Crippen LogP contribution in [0.25, 0.3) is 5.52 Å². The number of anilines is 1. The number of nitrogens with zero attached hydrogens (tertiary/aromatic N) is 3. The summed E-state index contributed by atoms with van der Waals surface area (Å²) in [5.41, 5.74) is 6.23. The Kier molecular flexibility index (Phi) is 7.07. The van der Waals surface area contributed by atoms with Gasteiger partial charge in [-0.1, -0.05) is 0 Å². The normalized spacial score (nSPS) is 25.5. The number of aliphatic hydroxyl groups is 1. The van der Waals surface area contributed by atoms with Crippen LogP contribution in [0.2, 0.25) is 0 Å². The molecule has 174 valence electrons. The molecule has 0 amide bonds. The summed E-state index contributed by atoms with van der Waals surface area (Å²) in [6, 6.07) is 2.94. The smallest absolute Gasteiger partial charge is 0.387 e. The number of ether oxygens (including phenoxy) is 1. The second kappa shape index (κ2) is 8.83. The summed E-state index contributed by atoms with van der Waals surface area (Å²) in [5, 5.41) is 14.0. The summed E-state index contributed by atoms with van der Waals surface area (Å²) >= 11 is 0. The second-order valence-corrected chi connectivity index (χ2v) is 10.7. The highest BCUT2D eigenvalue weighted by molar-refractivity contribution is 7.73. The molecule has 31 heavy (non-hydrogen) atoms. The number of alkyl halides is 1. The van der Waals surface area contributed by atoms with Crippen molar-refractivity contribution in [2.45, 2.75) is 24.5 Å². The molecule has 20 heteroatoms. The average molecular weight is 511 g/mol. The van der Waals surface area contributed by atoms with E-state index in [0.717, 1.165) is 6.33 Å². The molecule has 3 rings (SSSR count). The van der Waals surface area contributed by atoms with Crippen molar-refractivity contribution < 1.29 is 61.6 Å². The molecule has 1 saturated heterocycles. The van der Waals surface area contributed by atoms with E-state index < -0.39 is 55.6 Å². The van der Waals surface area contributed by atoms with Crippen molar-refractivity contribution in [2.24, 2.45) is 0 Å². The van der Waals surface area contributed by atoms with Crippen molar-refractivity contribution in [3.05, 3.63) is 24.2 Å². The van der Waals surface area contributed by atoms with Crippen LogP contribution in [0.15, 0.2) is 18.5 Å². The predicted molar refractivity (Wildman–Crippen MR) is 100 cm³/mol. The SMILES string of the molecule is Nc1ncnn2c([C@@H]3O[C@H](CO[P+](O)(O)O[P+](O)(O)O[P+](O)(O)O)[C@@H](O)[C@H]3F)ccc12. The van der Waals surface area contributed by atoms with Crippen molar-refractivity contribution in [1.82, 2.24) is 14.6 Å². The predicted octanol–water partition coefficient (Wildman–Crippen LogP) is -1.52. The summed E-state index contributed by atoms with van der Waals surface area (Å²) in [6.45, 7) is -0.906. The minimum absolute atomic E-state index is 0.115. The van der Waals surface area contributed by atoms with Crippen LogP contribution in [-0.4, -0.2) is 78.9 Å². The highest BCUT2D eigenvalue weighted by atomic mass is 31.3. The van der Waals surface area contributed by atoms with Crippen LogP contribution >= 0.6 is 24.5 Å². The Balaban J connectivity index is 1.67. The van der Waals surface area contributed by atoms with E-state index in [1.807, 2.05) is 0 Å². The lowest BCUT2D eigenvalue weighted by Crippen LogP contribution is -2.31. The number of nitrogens with two attached hydrogens (primary N) is 1. The Hall–Kier alpha value is -0.840. The summed E-state index contributed by atoms with van der Waals surface area (Å²) in [7, 11) is -15.7. The minimum Gasteiger partial charge on any atom is -0.387 e. The fourth-order valence-electron chi connectivity index (χ4n) is 2.78. The van der Waals surface area contributed by atoms with Crippen LogP contribution in [-0.2, 0) is 17.9 Å². The van der Waals surface area contributed by atoms with E-state index in [2.05, 4.69) is 23.2 Å². The first-order valence-corrected chi connectivity index (χ1v) is 12.7. The Bertz CT molecular complexity index is 929. The molecule has 0 aliphatic carbocycles. The van der Waals surface area contributed by atoms with Gasteiger partial charge in [-0.3, -0.25) is 0 Å². The fraction of sp³-hybridized carbons (Fsp3) is 0.455. The van der Waals surface area contributed by atoms with E-state index in [0.29, 0.717) is 5.52 Å². The third-order valence-corrected chi connectivity index (χ3v) is 7.87. The third-order valence-electron chi connectivity index (χ3n) is 3.96. The first-order valence-electron chi connectivity index (χ1n) is 8.08. The molecule has 0 spiro atoms. The van der Waals surface area contributed by atoms with E-state index in [4.69, 9.17) is 25.2 Å². The van der Waals surface area contributed by atoms with Crippen molar-refractivity contribution in [1.29, 1.82) is 0 Å². The third kappa shape index (κ3) is 5.94.